The fraction of sp³-hybridized carbons (Fsp3) is 0.154. The minimum Gasteiger partial charge on any atom is -0.394 e. The summed E-state index contributed by atoms with van der Waals surface area (Å²) >= 11 is 12.8. The van der Waals surface area contributed by atoms with Crippen LogP contribution < -0.4 is 16.4 Å². The molecule has 0 amide bonds. The largest absolute Gasteiger partial charge is 0.394 e. The first-order valence-corrected chi connectivity index (χ1v) is 11.4. The van der Waals surface area contributed by atoms with Gasteiger partial charge in [0.25, 0.3) is 0 Å². The summed E-state index contributed by atoms with van der Waals surface area (Å²) in [5.41, 5.74) is 7.50. The van der Waals surface area contributed by atoms with Gasteiger partial charge in [0.2, 0.25) is 0 Å². The first-order valence-electron chi connectivity index (χ1n) is 10.6. The number of nitrogen functional groups attached to an aromatic ring is 1. The Kier molecular flexibility index (Phi) is 6.70. The number of allylic oxidation sites excluding steroid dienone is 1. The lowest BCUT2D eigenvalue weighted by molar-refractivity contribution is 0.445. The van der Waals surface area contributed by atoms with Gasteiger partial charge in [-0.05, 0) is 54.4 Å². The van der Waals surface area contributed by atoms with Crippen molar-refractivity contribution in [1.82, 2.24) is 0 Å². The number of halogens is 7. The Labute approximate surface area is 214 Å². The molecule has 4 N–H and O–H groups in total. The van der Waals surface area contributed by atoms with Crippen molar-refractivity contribution >= 4 is 46.0 Å². The van der Waals surface area contributed by atoms with Gasteiger partial charge >= 0.3 is 0 Å². The molecule has 1 aliphatic rings. The van der Waals surface area contributed by atoms with Crippen LogP contribution in [0.1, 0.15) is 22.6 Å². The van der Waals surface area contributed by atoms with E-state index in [1.54, 1.807) is 18.2 Å². The van der Waals surface area contributed by atoms with Gasteiger partial charge in [0.1, 0.15) is 15.8 Å². The van der Waals surface area contributed by atoms with Crippen LogP contribution in [0.3, 0.4) is 0 Å². The summed E-state index contributed by atoms with van der Waals surface area (Å²) in [4.78, 5) is 0. The van der Waals surface area contributed by atoms with E-state index in [2.05, 4.69) is 23.8 Å². The minimum absolute atomic E-state index is 0.0466. The Balaban J connectivity index is 1.53. The summed E-state index contributed by atoms with van der Waals surface area (Å²) in [6, 6.07) is 9.19. The van der Waals surface area contributed by atoms with Crippen molar-refractivity contribution in [1.29, 1.82) is 0 Å². The van der Waals surface area contributed by atoms with Crippen molar-refractivity contribution in [2.24, 2.45) is 5.92 Å². The third-order valence-corrected chi connectivity index (χ3v) is 7.01. The third kappa shape index (κ3) is 4.63. The van der Waals surface area contributed by atoms with Crippen LogP contribution in [0.4, 0.5) is 39.0 Å². The number of hydrogen-bond acceptors (Lipinski definition) is 3. The summed E-state index contributed by atoms with van der Waals surface area (Å²) in [6.07, 6.45) is 0. The number of benzene rings is 3. The van der Waals surface area contributed by atoms with E-state index in [0.29, 0.717) is 22.6 Å². The number of rotatable bonds is 7. The SMILES string of the molecule is C=C(Nc1ccc(F)c(N)c1F)c1cc(NC(=C)C2C(c3cc(F)c(F)c(F)c3)C2(Cl)Cl)ccc1C. The Morgan fingerprint density at radius 3 is 2.17 bits per heavy atom. The van der Waals surface area contributed by atoms with Crippen LogP contribution in [0.2, 0.25) is 0 Å². The van der Waals surface area contributed by atoms with E-state index in [1.807, 2.05) is 6.92 Å². The Morgan fingerprint density at radius 2 is 1.53 bits per heavy atom. The maximum Gasteiger partial charge on any atom is 0.194 e. The average molecular weight is 540 g/mol. The van der Waals surface area contributed by atoms with Crippen LogP contribution in [0, 0.1) is 41.9 Å². The molecule has 10 heteroatoms. The highest BCUT2D eigenvalue weighted by Crippen LogP contribution is 2.67. The molecule has 0 bridgehead atoms. The van der Waals surface area contributed by atoms with Crippen LogP contribution in [0.25, 0.3) is 5.70 Å². The fourth-order valence-electron chi connectivity index (χ4n) is 4.11. The van der Waals surface area contributed by atoms with Crippen molar-refractivity contribution in [3.05, 3.63) is 107 Å². The highest BCUT2D eigenvalue weighted by molar-refractivity contribution is 6.52. The van der Waals surface area contributed by atoms with Crippen LogP contribution in [0.5, 0.6) is 0 Å². The van der Waals surface area contributed by atoms with Gasteiger partial charge in [-0.3, -0.25) is 0 Å². The molecule has 2 atom stereocenters. The van der Waals surface area contributed by atoms with Gasteiger partial charge in [-0.2, -0.15) is 0 Å². The molecule has 0 radical (unpaired) electrons. The third-order valence-electron chi connectivity index (χ3n) is 6.07. The molecule has 188 valence electrons. The fourth-order valence-corrected chi connectivity index (χ4v) is 5.01. The predicted octanol–water partition coefficient (Wildman–Crippen LogP) is 7.87. The first-order chi connectivity index (χ1) is 16.8. The standard InChI is InChI=1S/C26H20Cl2F5N3/c1-11-4-5-15(10-16(11)12(2)36-20-7-6-17(29)25(34)24(20)33)35-13(3)21-22(26(21,27)28)14-8-18(30)23(32)19(31)9-14/h4-10,21-22,35-36H,2-3,34H2,1H3. The highest BCUT2D eigenvalue weighted by Gasteiger charge is 2.65. The molecule has 0 saturated heterocycles. The molecular weight excluding hydrogens is 520 g/mol. The smallest absolute Gasteiger partial charge is 0.194 e. The maximum atomic E-state index is 14.3. The molecule has 2 unspecified atom stereocenters. The Hall–Kier alpha value is -3.23. The van der Waals surface area contributed by atoms with Gasteiger partial charge in [0.05, 0.1) is 5.69 Å². The number of nitrogens with two attached hydrogens (primary N) is 1. The number of alkyl halides is 2. The molecule has 3 nitrogen and oxygen atoms in total. The van der Waals surface area contributed by atoms with Crippen LogP contribution in [-0.4, -0.2) is 4.33 Å². The van der Waals surface area contributed by atoms with E-state index in [1.165, 1.54) is 6.07 Å². The lowest BCUT2D eigenvalue weighted by atomic mass is 10.0. The molecule has 1 saturated carbocycles. The second-order valence-electron chi connectivity index (χ2n) is 8.53. The van der Waals surface area contributed by atoms with Crippen LogP contribution in [-0.2, 0) is 0 Å². The van der Waals surface area contributed by atoms with Crippen molar-refractivity contribution in [3.63, 3.8) is 0 Å². The van der Waals surface area contributed by atoms with E-state index in [0.717, 1.165) is 23.8 Å². The molecule has 0 aromatic heterocycles. The zero-order valence-corrected chi connectivity index (χ0v) is 20.3. The average Bonchev–Trinajstić information content (AvgIpc) is 3.40. The summed E-state index contributed by atoms with van der Waals surface area (Å²) in [5.74, 6) is -7.42. The maximum absolute atomic E-state index is 14.3. The van der Waals surface area contributed by atoms with Gasteiger partial charge in [-0.15, -0.1) is 23.2 Å². The second kappa shape index (κ2) is 9.33. The molecule has 3 aromatic rings. The normalized spacial score (nSPS) is 18.0. The first kappa shape index (κ1) is 25.9. The van der Waals surface area contributed by atoms with Crippen molar-refractivity contribution in [3.8, 4) is 0 Å². The molecule has 0 heterocycles. The molecule has 4 rings (SSSR count). The highest BCUT2D eigenvalue weighted by atomic mass is 35.5. The molecule has 0 aliphatic heterocycles. The van der Waals surface area contributed by atoms with Gasteiger partial charge in [-0.25, -0.2) is 22.0 Å². The van der Waals surface area contributed by atoms with E-state index >= 15 is 0 Å². The van der Waals surface area contributed by atoms with Gasteiger partial charge in [0, 0.05) is 34.5 Å². The number of aryl methyl sites for hydroxylation is 1. The molecule has 3 aromatic carbocycles. The van der Waals surface area contributed by atoms with Crippen LogP contribution >= 0.6 is 23.2 Å². The van der Waals surface area contributed by atoms with E-state index < -0.39 is 50.9 Å². The summed E-state index contributed by atoms with van der Waals surface area (Å²) in [5, 5.41) is 5.87. The number of hydrogen-bond donors (Lipinski definition) is 3. The predicted molar refractivity (Wildman–Crippen MR) is 134 cm³/mol. The van der Waals surface area contributed by atoms with Crippen molar-refractivity contribution in [2.45, 2.75) is 17.2 Å². The molecule has 1 aliphatic carbocycles. The van der Waals surface area contributed by atoms with E-state index in [4.69, 9.17) is 28.9 Å². The van der Waals surface area contributed by atoms with Gasteiger partial charge in [-0.1, -0.05) is 19.2 Å². The van der Waals surface area contributed by atoms with Crippen LogP contribution in [0.15, 0.2) is 61.3 Å². The van der Waals surface area contributed by atoms with Crippen molar-refractivity contribution < 1.29 is 22.0 Å². The summed E-state index contributed by atoms with van der Waals surface area (Å²) in [6.45, 7) is 9.71. The molecule has 1 fully saturated rings. The lowest BCUT2D eigenvalue weighted by Crippen LogP contribution is -2.07. The summed E-state index contributed by atoms with van der Waals surface area (Å²) < 4.78 is 67.2. The monoisotopic (exact) mass is 539 g/mol. The van der Waals surface area contributed by atoms with Gasteiger partial charge < -0.3 is 16.4 Å². The molecule has 36 heavy (non-hydrogen) atoms. The number of anilines is 3. The van der Waals surface area contributed by atoms with E-state index in [9.17, 15) is 22.0 Å². The quantitative estimate of drug-likeness (QED) is 0.124. The number of nitrogens with one attached hydrogen (secondary N) is 2. The van der Waals surface area contributed by atoms with Crippen molar-refractivity contribution in [2.75, 3.05) is 16.4 Å². The van der Waals surface area contributed by atoms with E-state index in [-0.39, 0.29) is 11.3 Å². The lowest BCUT2D eigenvalue weighted by Gasteiger charge is -2.16. The Morgan fingerprint density at radius 1 is 0.889 bits per heavy atom. The topological polar surface area (TPSA) is 50.1 Å². The molecule has 0 spiro atoms. The van der Waals surface area contributed by atoms with Gasteiger partial charge in [0.15, 0.2) is 23.3 Å². The minimum atomic E-state index is -1.58. The Bertz CT molecular complexity index is 1380. The zero-order valence-electron chi connectivity index (χ0n) is 18.8. The zero-order chi connectivity index (χ0) is 26.5. The molecular formula is C26H20Cl2F5N3. The summed E-state index contributed by atoms with van der Waals surface area (Å²) in [7, 11) is 0. The second-order valence-corrected chi connectivity index (χ2v) is 9.98.